The number of nitrogens with zero attached hydrogens (tertiary/aromatic N) is 1. The molecule has 7 heteroatoms. The van der Waals surface area contributed by atoms with Gasteiger partial charge in [-0.3, -0.25) is 4.79 Å². The molecule has 0 aliphatic rings. The second-order valence-electron chi connectivity index (χ2n) is 5.23. The number of carbonyl (C=O) groups excluding carboxylic acids is 1. The van der Waals surface area contributed by atoms with Crippen LogP contribution in [-0.4, -0.2) is 25.1 Å². The number of ether oxygens (including phenoxy) is 2. The summed E-state index contributed by atoms with van der Waals surface area (Å²) < 4.78 is 10.7. The van der Waals surface area contributed by atoms with Crippen molar-refractivity contribution >= 4 is 33.7 Å². The summed E-state index contributed by atoms with van der Waals surface area (Å²) in [5.41, 5.74) is 1.58. The van der Waals surface area contributed by atoms with Crippen molar-refractivity contribution in [3.63, 3.8) is 0 Å². The Morgan fingerprint density at radius 1 is 1.20 bits per heavy atom. The highest BCUT2D eigenvalue weighted by Gasteiger charge is 2.13. The number of thiophene rings is 1. The van der Waals surface area contributed by atoms with Gasteiger partial charge >= 0.3 is 0 Å². The topological polar surface area (TPSA) is 60.5 Å². The molecule has 0 aliphatic heterocycles. The Morgan fingerprint density at radius 3 is 2.80 bits per heavy atom. The van der Waals surface area contributed by atoms with Crippen molar-refractivity contribution in [3.8, 4) is 22.8 Å². The average molecular weight is 374 g/mol. The van der Waals surface area contributed by atoms with Crippen LogP contribution in [0.1, 0.15) is 11.3 Å². The lowest BCUT2D eigenvalue weighted by atomic mass is 10.1. The molecule has 1 aromatic carbocycles. The Kier molecular flexibility index (Phi) is 5.67. The van der Waals surface area contributed by atoms with Crippen molar-refractivity contribution in [1.29, 1.82) is 0 Å². The number of hydrogen-bond donors (Lipinski definition) is 1. The Bertz CT molecular complexity index is 844. The third-order valence-electron chi connectivity index (χ3n) is 3.61. The lowest BCUT2D eigenvalue weighted by Gasteiger charge is -2.08. The molecule has 5 nitrogen and oxygen atoms in total. The van der Waals surface area contributed by atoms with E-state index in [-0.39, 0.29) is 5.91 Å². The molecule has 0 spiro atoms. The van der Waals surface area contributed by atoms with Gasteiger partial charge in [-0.05, 0) is 36.1 Å². The number of nitrogens with one attached hydrogen (secondary N) is 1. The lowest BCUT2D eigenvalue weighted by Crippen LogP contribution is -2.11. The Balaban J connectivity index is 1.69. The van der Waals surface area contributed by atoms with E-state index < -0.39 is 0 Å². The SMILES string of the molecule is COc1ccc(OC)c(-c2csc(NC(=O)CCc3cccs3)n2)c1. The number of hydrogen-bond acceptors (Lipinski definition) is 6. The number of aromatic nitrogens is 1. The van der Waals surface area contributed by atoms with Crippen molar-refractivity contribution < 1.29 is 14.3 Å². The predicted molar refractivity (Wildman–Crippen MR) is 102 cm³/mol. The van der Waals surface area contributed by atoms with E-state index in [1.54, 1.807) is 25.6 Å². The van der Waals surface area contributed by atoms with Crippen LogP contribution in [0.15, 0.2) is 41.1 Å². The number of carbonyl (C=O) groups is 1. The van der Waals surface area contributed by atoms with Gasteiger partial charge in [0.15, 0.2) is 5.13 Å². The second kappa shape index (κ2) is 8.13. The van der Waals surface area contributed by atoms with Crippen LogP contribution in [0.5, 0.6) is 11.5 Å². The summed E-state index contributed by atoms with van der Waals surface area (Å²) >= 11 is 3.05. The van der Waals surface area contributed by atoms with Crippen molar-refractivity contribution in [2.45, 2.75) is 12.8 Å². The van der Waals surface area contributed by atoms with Gasteiger partial charge in [-0.2, -0.15) is 0 Å². The van der Waals surface area contributed by atoms with E-state index in [0.29, 0.717) is 17.3 Å². The summed E-state index contributed by atoms with van der Waals surface area (Å²) in [4.78, 5) is 17.8. The molecule has 130 valence electrons. The number of thiazole rings is 1. The van der Waals surface area contributed by atoms with Gasteiger partial charge in [0.25, 0.3) is 0 Å². The van der Waals surface area contributed by atoms with Gasteiger partial charge < -0.3 is 14.8 Å². The Morgan fingerprint density at radius 2 is 2.08 bits per heavy atom. The number of rotatable bonds is 7. The molecule has 1 N–H and O–H groups in total. The summed E-state index contributed by atoms with van der Waals surface area (Å²) in [5.74, 6) is 1.40. The molecule has 0 radical (unpaired) electrons. The largest absolute Gasteiger partial charge is 0.497 e. The van der Waals surface area contributed by atoms with Gasteiger partial charge in [-0.25, -0.2) is 4.98 Å². The minimum atomic E-state index is -0.0353. The molecule has 0 atom stereocenters. The van der Waals surface area contributed by atoms with E-state index in [1.807, 2.05) is 41.1 Å². The van der Waals surface area contributed by atoms with Crippen molar-refractivity contribution in [2.24, 2.45) is 0 Å². The highest BCUT2D eigenvalue weighted by Crippen LogP contribution is 2.35. The lowest BCUT2D eigenvalue weighted by molar-refractivity contribution is -0.116. The van der Waals surface area contributed by atoms with E-state index >= 15 is 0 Å². The monoisotopic (exact) mass is 374 g/mol. The van der Waals surface area contributed by atoms with Gasteiger partial charge in [-0.1, -0.05) is 6.07 Å². The van der Waals surface area contributed by atoms with Gasteiger partial charge in [0, 0.05) is 22.2 Å². The van der Waals surface area contributed by atoms with Gasteiger partial charge in [-0.15, -0.1) is 22.7 Å². The third kappa shape index (κ3) is 4.37. The smallest absolute Gasteiger partial charge is 0.226 e. The zero-order valence-corrected chi connectivity index (χ0v) is 15.6. The summed E-state index contributed by atoms with van der Waals surface area (Å²) in [7, 11) is 3.23. The van der Waals surface area contributed by atoms with E-state index in [4.69, 9.17) is 9.47 Å². The van der Waals surface area contributed by atoms with Gasteiger partial charge in [0.05, 0.1) is 19.9 Å². The number of anilines is 1. The molecule has 0 saturated carbocycles. The summed E-state index contributed by atoms with van der Waals surface area (Å²) in [6, 6.07) is 9.58. The van der Waals surface area contributed by atoms with E-state index in [9.17, 15) is 4.79 Å². The average Bonchev–Trinajstić information content (AvgIpc) is 3.31. The van der Waals surface area contributed by atoms with Crippen LogP contribution in [0.3, 0.4) is 0 Å². The molecule has 0 saturated heterocycles. The molecule has 0 unspecified atom stereocenters. The molecule has 0 fully saturated rings. The van der Waals surface area contributed by atoms with Gasteiger partial charge in [0.2, 0.25) is 5.91 Å². The number of aryl methyl sites for hydroxylation is 1. The summed E-state index contributed by atoms with van der Waals surface area (Å²) in [6.45, 7) is 0. The zero-order valence-electron chi connectivity index (χ0n) is 13.9. The van der Waals surface area contributed by atoms with Crippen LogP contribution in [0, 0.1) is 0 Å². The number of benzene rings is 1. The maximum Gasteiger partial charge on any atom is 0.226 e. The first-order chi connectivity index (χ1) is 12.2. The first-order valence-electron chi connectivity index (χ1n) is 7.69. The molecule has 1 amide bonds. The quantitative estimate of drug-likeness (QED) is 0.663. The molecule has 0 bridgehead atoms. The molecule has 2 heterocycles. The van der Waals surface area contributed by atoms with Crippen LogP contribution < -0.4 is 14.8 Å². The molecule has 3 aromatic rings. The molecule has 25 heavy (non-hydrogen) atoms. The number of amides is 1. The first kappa shape index (κ1) is 17.4. The molecular formula is C18H18N2O3S2. The predicted octanol–water partition coefficient (Wildman–Crippen LogP) is 4.46. The van der Waals surface area contributed by atoms with Crippen molar-refractivity contribution in [2.75, 3.05) is 19.5 Å². The van der Waals surface area contributed by atoms with Crippen molar-refractivity contribution in [3.05, 3.63) is 46.0 Å². The fourth-order valence-corrected chi connectivity index (χ4v) is 3.78. The maximum atomic E-state index is 12.1. The maximum absolute atomic E-state index is 12.1. The minimum Gasteiger partial charge on any atom is -0.497 e. The van der Waals surface area contributed by atoms with E-state index in [0.717, 1.165) is 23.4 Å². The van der Waals surface area contributed by atoms with Crippen LogP contribution in [-0.2, 0) is 11.2 Å². The highest BCUT2D eigenvalue weighted by atomic mass is 32.1. The fourth-order valence-electron chi connectivity index (χ4n) is 2.34. The van der Waals surface area contributed by atoms with Gasteiger partial charge in [0.1, 0.15) is 11.5 Å². The minimum absolute atomic E-state index is 0.0353. The van der Waals surface area contributed by atoms with Crippen LogP contribution in [0.2, 0.25) is 0 Å². The van der Waals surface area contributed by atoms with Crippen LogP contribution in [0.25, 0.3) is 11.3 Å². The van der Waals surface area contributed by atoms with E-state index in [2.05, 4.69) is 10.3 Å². The number of methoxy groups -OCH3 is 2. The molecular weight excluding hydrogens is 356 g/mol. The second-order valence-corrected chi connectivity index (χ2v) is 7.12. The van der Waals surface area contributed by atoms with E-state index in [1.165, 1.54) is 16.2 Å². The van der Waals surface area contributed by atoms with Crippen LogP contribution >= 0.6 is 22.7 Å². The standard InChI is InChI=1S/C18H18N2O3S2/c1-22-12-5-7-16(23-2)14(10-12)15-11-25-18(19-15)20-17(21)8-6-13-4-3-9-24-13/h3-5,7,9-11H,6,8H2,1-2H3,(H,19,20,21). The Labute approximate surface area is 154 Å². The summed E-state index contributed by atoms with van der Waals surface area (Å²) in [6.07, 6.45) is 1.18. The van der Waals surface area contributed by atoms with Crippen LogP contribution in [0.4, 0.5) is 5.13 Å². The highest BCUT2D eigenvalue weighted by molar-refractivity contribution is 7.14. The third-order valence-corrected chi connectivity index (χ3v) is 5.31. The molecule has 3 rings (SSSR count). The molecule has 2 aromatic heterocycles. The first-order valence-corrected chi connectivity index (χ1v) is 9.45. The molecule has 0 aliphatic carbocycles. The summed E-state index contributed by atoms with van der Waals surface area (Å²) in [5, 5.41) is 7.35. The zero-order chi connectivity index (χ0) is 17.6. The fraction of sp³-hybridized carbons (Fsp3) is 0.222. The Hall–Kier alpha value is -2.38. The normalized spacial score (nSPS) is 10.5. The van der Waals surface area contributed by atoms with Crippen molar-refractivity contribution in [1.82, 2.24) is 4.98 Å².